The lowest BCUT2D eigenvalue weighted by atomic mass is 9.96. The highest BCUT2D eigenvalue weighted by atomic mass is 32.1. The molecular formula is C46H25N7S3. The van der Waals surface area contributed by atoms with Gasteiger partial charge in [-0.05, 0) is 103 Å². The van der Waals surface area contributed by atoms with E-state index in [1.54, 1.807) is 0 Å². The Morgan fingerprint density at radius 1 is 0.321 bits per heavy atom. The Morgan fingerprint density at radius 2 is 0.821 bits per heavy atom. The van der Waals surface area contributed by atoms with E-state index in [2.05, 4.69) is 149 Å². The number of aromatic nitrogens is 6. The van der Waals surface area contributed by atoms with Crippen molar-refractivity contribution in [1.29, 1.82) is 0 Å². The summed E-state index contributed by atoms with van der Waals surface area (Å²) in [4.78, 5) is 2.21. The van der Waals surface area contributed by atoms with Crippen LogP contribution in [0.2, 0.25) is 0 Å². The fourth-order valence-corrected chi connectivity index (χ4v) is 9.93. The topological polar surface area (TPSA) is 80.6 Å². The number of benzene rings is 9. The van der Waals surface area contributed by atoms with Gasteiger partial charge in [0.05, 0.1) is 52.2 Å². The molecule has 0 aliphatic carbocycles. The van der Waals surface area contributed by atoms with E-state index in [0.29, 0.717) is 0 Å². The first-order valence-corrected chi connectivity index (χ1v) is 20.3. The Balaban J connectivity index is 1.05. The molecule has 0 bridgehead atoms. The van der Waals surface area contributed by atoms with Gasteiger partial charge in [0, 0.05) is 11.1 Å². The summed E-state index contributed by atoms with van der Waals surface area (Å²) in [5.74, 6) is 0. The van der Waals surface area contributed by atoms with E-state index in [1.165, 1.54) is 78.3 Å². The molecule has 0 aliphatic heterocycles. The van der Waals surface area contributed by atoms with Crippen molar-refractivity contribution in [2.75, 3.05) is 4.90 Å². The van der Waals surface area contributed by atoms with Crippen molar-refractivity contribution in [1.82, 2.24) is 26.2 Å². The monoisotopic (exact) mass is 771 g/mol. The minimum absolute atomic E-state index is 0.799. The summed E-state index contributed by atoms with van der Waals surface area (Å²) < 4.78 is 29.1. The molecule has 0 atom stereocenters. The average Bonchev–Trinajstić information content (AvgIpc) is 4.06. The summed E-state index contributed by atoms with van der Waals surface area (Å²) in [5.41, 5.74) is 11.8. The lowest BCUT2D eigenvalue weighted by molar-refractivity contribution is 1.31. The fraction of sp³-hybridized carbons (Fsp3) is 0. The van der Waals surface area contributed by atoms with Crippen molar-refractivity contribution >= 4 is 128 Å². The zero-order valence-electron chi connectivity index (χ0n) is 29.3. The van der Waals surface area contributed by atoms with Gasteiger partial charge in [0.1, 0.15) is 33.1 Å². The maximum absolute atomic E-state index is 4.96. The van der Waals surface area contributed by atoms with E-state index < -0.39 is 0 Å². The van der Waals surface area contributed by atoms with Gasteiger partial charge >= 0.3 is 0 Å². The second-order valence-electron chi connectivity index (χ2n) is 13.9. The molecule has 3 heterocycles. The summed E-state index contributed by atoms with van der Waals surface area (Å²) in [6, 6.07) is 53.9. The molecule has 0 N–H and O–H groups in total. The number of fused-ring (bicyclic) bond motifs is 9. The number of hydrogen-bond acceptors (Lipinski definition) is 10. The standard InChI is InChI=1S/C46H25N7S3/c1-3-8-32-26(6-1)14-16-29-24-30(18-19-34(29)32)35-20-22-40(45-42(35)48-55-51-45)53(39-11-5-10-38-44(39)50-54-47-38)41-23-21-36(43-46(41)52-56-49-43)31-17-15-28-13-12-27-7-2-4-9-33(27)37(28)25-31/h1-25H. The number of anilines is 3. The molecule has 7 nitrogen and oxygen atoms in total. The summed E-state index contributed by atoms with van der Waals surface area (Å²) in [7, 11) is 0. The summed E-state index contributed by atoms with van der Waals surface area (Å²) in [5, 5.41) is 9.76. The van der Waals surface area contributed by atoms with Crippen LogP contribution in [0.5, 0.6) is 0 Å². The normalized spacial score (nSPS) is 11.9. The van der Waals surface area contributed by atoms with Crippen LogP contribution in [0.3, 0.4) is 0 Å². The van der Waals surface area contributed by atoms with Gasteiger partial charge in [0.2, 0.25) is 0 Å². The van der Waals surface area contributed by atoms with Gasteiger partial charge in [0.15, 0.2) is 0 Å². The smallest absolute Gasteiger partial charge is 0.129 e. The molecule has 56 heavy (non-hydrogen) atoms. The average molecular weight is 772 g/mol. The molecule has 0 radical (unpaired) electrons. The van der Waals surface area contributed by atoms with Gasteiger partial charge in [-0.15, -0.1) is 0 Å². The molecule has 0 saturated heterocycles. The SMILES string of the molecule is c1ccc2c(c1)ccc1cc(-c3ccc(N(c4cccc5nsnc45)c4ccc(-c5ccc6ccc7ccccc7c6c5)c5nsnc45)c4nsnc34)ccc12. The van der Waals surface area contributed by atoms with Gasteiger partial charge < -0.3 is 4.90 Å². The van der Waals surface area contributed by atoms with Crippen molar-refractivity contribution in [2.45, 2.75) is 0 Å². The third kappa shape index (κ3) is 4.80. The van der Waals surface area contributed by atoms with Gasteiger partial charge in [-0.25, -0.2) is 0 Å². The molecule has 3 aromatic heterocycles. The van der Waals surface area contributed by atoms with E-state index in [9.17, 15) is 0 Å². The van der Waals surface area contributed by atoms with Crippen molar-refractivity contribution in [2.24, 2.45) is 0 Å². The van der Waals surface area contributed by atoms with Crippen LogP contribution in [0.15, 0.2) is 152 Å². The van der Waals surface area contributed by atoms with Crippen molar-refractivity contribution in [3.05, 3.63) is 152 Å². The number of nitrogens with zero attached hydrogens (tertiary/aromatic N) is 7. The molecule has 12 aromatic rings. The van der Waals surface area contributed by atoms with Gasteiger partial charge in [-0.1, -0.05) is 103 Å². The van der Waals surface area contributed by atoms with Crippen molar-refractivity contribution in [3.63, 3.8) is 0 Å². The first-order chi connectivity index (χ1) is 27.8. The van der Waals surface area contributed by atoms with Crippen LogP contribution >= 0.6 is 35.2 Å². The zero-order valence-corrected chi connectivity index (χ0v) is 31.7. The van der Waals surface area contributed by atoms with Crippen LogP contribution in [-0.2, 0) is 0 Å². The second kappa shape index (κ2) is 12.4. The molecule has 12 rings (SSSR count). The molecule has 0 unspecified atom stereocenters. The molecule has 0 spiro atoms. The van der Waals surface area contributed by atoms with E-state index >= 15 is 0 Å². The predicted molar refractivity (Wildman–Crippen MR) is 235 cm³/mol. The first kappa shape index (κ1) is 31.6. The Kier molecular flexibility index (Phi) is 7.00. The fourth-order valence-electron chi connectivity index (χ4n) is 8.25. The zero-order chi connectivity index (χ0) is 36.7. The third-order valence-corrected chi connectivity index (χ3v) is 12.5. The lowest BCUT2D eigenvalue weighted by Gasteiger charge is -2.26. The molecular weight excluding hydrogens is 747 g/mol. The second-order valence-corrected chi connectivity index (χ2v) is 15.5. The molecule has 262 valence electrons. The first-order valence-electron chi connectivity index (χ1n) is 18.1. The van der Waals surface area contributed by atoms with E-state index in [1.807, 2.05) is 12.1 Å². The number of rotatable bonds is 5. The Bertz CT molecular complexity index is 3530. The number of hydrogen-bond donors (Lipinski definition) is 0. The third-order valence-electron chi connectivity index (χ3n) is 10.9. The largest absolute Gasteiger partial charge is 0.304 e. The maximum Gasteiger partial charge on any atom is 0.129 e. The Morgan fingerprint density at radius 3 is 1.54 bits per heavy atom. The van der Waals surface area contributed by atoms with Crippen LogP contribution in [0.1, 0.15) is 0 Å². The lowest BCUT2D eigenvalue weighted by Crippen LogP contribution is -2.12. The minimum atomic E-state index is 0.799. The highest BCUT2D eigenvalue weighted by Gasteiger charge is 2.26. The van der Waals surface area contributed by atoms with Crippen LogP contribution in [0, 0.1) is 0 Å². The maximum atomic E-state index is 4.96. The minimum Gasteiger partial charge on any atom is -0.304 e. The van der Waals surface area contributed by atoms with Gasteiger partial charge in [-0.2, -0.15) is 26.2 Å². The molecule has 10 heteroatoms. The van der Waals surface area contributed by atoms with Crippen LogP contribution < -0.4 is 4.90 Å². The van der Waals surface area contributed by atoms with Crippen LogP contribution in [0.25, 0.3) is 98.4 Å². The highest BCUT2D eigenvalue weighted by Crippen LogP contribution is 2.47. The molecule has 0 saturated carbocycles. The van der Waals surface area contributed by atoms with Crippen LogP contribution in [0.4, 0.5) is 17.1 Å². The molecule has 0 aliphatic rings. The van der Waals surface area contributed by atoms with Crippen LogP contribution in [-0.4, -0.2) is 26.2 Å². The Hall–Kier alpha value is -6.72. The molecule has 0 amide bonds. The molecule has 9 aromatic carbocycles. The van der Waals surface area contributed by atoms with Crippen molar-refractivity contribution < 1.29 is 0 Å². The van der Waals surface area contributed by atoms with Crippen molar-refractivity contribution in [3.8, 4) is 22.3 Å². The summed E-state index contributed by atoms with van der Waals surface area (Å²) >= 11 is 3.65. The summed E-state index contributed by atoms with van der Waals surface area (Å²) in [6.07, 6.45) is 0. The Labute approximate surface area is 331 Å². The highest BCUT2D eigenvalue weighted by molar-refractivity contribution is 7.00. The van der Waals surface area contributed by atoms with Gasteiger partial charge in [-0.3, -0.25) is 0 Å². The van der Waals surface area contributed by atoms with E-state index in [-0.39, 0.29) is 0 Å². The summed E-state index contributed by atoms with van der Waals surface area (Å²) in [6.45, 7) is 0. The van der Waals surface area contributed by atoms with E-state index in [0.717, 1.165) is 72.4 Å². The quantitative estimate of drug-likeness (QED) is 0.161. The van der Waals surface area contributed by atoms with Gasteiger partial charge in [0.25, 0.3) is 0 Å². The van der Waals surface area contributed by atoms with E-state index in [4.69, 9.17) is 21.9 Å². The molecule has 0 fully saturated rings. The predicted octanol–water partition coefficient (Wildman–Crippen LogP) is 13.1.